The summed E-state index contributed by atoms with van der Waals surface area (Å²) >= 11 is 5.82. The molecular formula is C15H13ClN2O. The van der Waals surface area contributed by atoms with Crippen molar-refractivity contribution in [3.63, 3.8) is 0 Å². The van der Waals surface area contributed by atoms with E-state index in [2.05, 4.69) is 11.4 Å². The third kappa shape index (κ3) is 2.42. The molecule has 3 rings (SSSR count). The fourth-order valence-electron chi connectivity index (χ4n) is 2.27. The van der Waals surface area contributed by atoms with Crippen LogP contribution in [-0.2, 0) is 6.42 Å². The zero-order chi connectivity index (χ0) is 13.2. The van der Waals surface area contributed by atoms with Gasteiger partial charge in [-0.2, -0.15) is 0 Å². The van der Waals surface area contributed by atoms with Crippen molar-refractivity contribution in [3.8, 4) is 0 Å². The second kappa shape index (κ2) is 4.94. The summed E-state index contributed by atoms with van der Waals surface area (Å²) in [6.45, 7) is 0.721. The maximum absolute atomic E-state index is 12.2. The number of carbonyl (C=O) groups excluding carboxylic acids is 1. The summed E-state index contributed by atoms with van der Waals surface area (Å²) in [5, 5.41) is 3.54. The van der Waals surface area contributed by atoms with E-state index >= 15 is 0 Å². The molecular weight excluding hydrogens is 260 g/mol. The van der Waals surface area contributed by atoms with Gasteiger partial charge < -0.3 is 5.32 Å². The molecule has 0 spiro atoms. The summed E-state index contributed by atoms with van der Waals surface area (Å²) in [5.41, 5.74) is 2.96. The van der Waals surface area contributed by atoms with Crippen molar-refractivity contribution in [1.29, 1.82) is 0 Å². The Labute approximate surface area is 116 Å². The highest BCUT2D eigenvalue weighted by Gasteiger charge is 2.23. The third-order valence-electron chi connectivity index (χ3n) is 3.23. The van der Waals surface area contributed by atoms with Gasteiger partial charge in [0.2, 0.25) is 0 Å². The molecule has 2 aromatic rings. The lowest BCUT2D eigenvalue weighted by Gasteiger charge is -2.18. The Hall–Kier alpha value is -2.00. The predicted octanol–water partition coefficient (Wildman–Crippen LogP) is 3.93. The first kappa shape index (κ1) is 12.1. The van der Waals surface area contributed by atoms with Gasteiger partial charge in [0.1, 0.15) is 0 Å². The van der Waals surface area contributed by atoms with Crippen LogP contribution in [0.3, 0.4) is 0 Å². The second-order valence-electron chi connectivity index (χ2n) is 4.47. The maximum Gasteiger partial charge on any atom is 0.326 e. The van der Waals surface area contributed by atoms with Gasteiger partial charge in [0.15, 0.2) is 0 Å². The average molecular weight is 273 g/mol. The lowest BCUT2D eigenvalue weighted by Crippen LogP contribution is -2.33. The minimum absolute atomic E-state index is 0.104. The first-order chi connectivity index (χ1) is 9.24. The monoisotopic (exact) mass is 272 g/mol. The van der Waals surface area contributed by atoms with Crippen molar-refractivity contribution >= 4 is 29.0 Å². The van der Waals surface area contributed by atoms with Gasteiger partial charge in [0.05, 0.1) is 0 Å². The van der Waals surface area contributed by atoms with Gasteiger partial charge in [-0.3, -0.25) is 4.90 Å². The van der Waals surface area contributed by atoms with Crippen LogP contribution in [0.1, 0.15) is 5.56 Å². The van der Waals surface area contributed by atoms with Crippen LogP contribution in [-0.4, -0.2) is 12.6 Å². The fraction of sp³-hybridized carbons (Fsp3) is 0.133. The Morgan fingerprint density at radius 1 is 1.11 bits per heavy atom. The number of para-hydroxylation sites is 1. The van der Waals surface area contributed by atoms with Crippen LogP contribution in [0.2, 0.25) is 5.02 Å². The summed E-state index contributed by atoms with van der Waals surface area (Å²) in [6.07, 6.45) is 0.907. The van der Waals surface area contributed by atoms with Crippen LogP contribution >= 0.6 is 11.6 Å². The van der Waals surface area contributed by atoms with E-state index in [1.54, 1.807) is 29.2 Å². The van der Waals surface area contributed by atoms with Crippen molar-refractivity contribution in [2.24, 2.45) is 0 Å². The first-order valence-corrected chi connectivity index (χ1v) is 6.54. The molecule has 0 saturated heterocycles. The standard InChI is InChI=1S/C15H13ClN2O/c16-12-5-7-13(8-6-12)17-15(19)18-10-9-11-3-1-2-4-14(11)18/h1-8H,9-10H2,(H,17,19). The summed E-state index contributed by atoms with van der Waals surface area (Å²) in [4.78, 5) is 14.0. The average Bonchev–Trinajstić information content (AvgIpc) is 2.85. The number of carbonyl (C=O) groups is 1. The topological polar surface area (TPSA) is 32.3 Å². The second-order valence-corrected chi connectivity index (χ2v) is 4.90. The van der Waals surface area contributed by atoms with Crippen molar-refractivity contribution in [2.75, 3.05) is 16.8 Å². The molecule has 0 unspecified atom stereocenters. The van der Waals surface area contributed by atoms with E-state index in [0.717, 1.165) is 24.3 Å². The molecule has 0 bridgehead atoms. The van der Waals surface area contributed by atoms with Crippen molar-refractivity contribution in [2.45, 2.75) is 6.42 Å². The number of hydrogen-bond donors (Lipinski definition) is 1. The molecule has 0 aliphatic carbocycles. The van der Waals surface area contributed by atoms with Crippen LogP contribution < -0.4 is 10.2 Å². The van der Waals surface area contributed by atoms with Gasteiger partial charge in [-0.25, -0.2) is 4.79 Å². The van der Waals surface area contributed by atoms with Crippen LogP contribution in [0.4, 0.5) is 16.2 Å². The number of nitrogens with zero attached hydrogens (tertiary/aromatic N) is 1. The molecule has 1 aliphatic rings. The molecule has 4 heteroatoms. The Morgan fingerprint density at radius 3 is 2.63 bits per heavy atom. The number of anilines is 2. The highest BCUT2D eigenvalue weighted by molar-refractivity contribution is 6.30. The largest absolute Gasteiger partial charge is 0.326 e. The number of fused-ring (bicyclic) bond motifs is 1. The maximum atomic E-state index is 12.2. The Kier molecular flexibility index (Phi) is 3.13. The van der Waals surface area contributed by atoms with Crippen LogP contribution in [0.15, 0.2) is 48.5 Å². The van der Waals surface area contributed by atoms with E-state index in [9.17, 15) is 4.79 Å². The molecule has 1 heterocycles. The molecule has 0 saturated carbocycles. The molecule has 19 heavy (non-hydrogen) atoms. The summed E-state index contributed by atoms with van der Waals surface area (Å²) in [5.74, 6) is 0. The zero-order valence-corrected chi connectivity index (χ0v) is 11.0. The summed E-state index contributed by atoms with van der Waals surface area (Å²) in [7, 11) is 0. The summed E-state index contributed by atoms with van der Waals surface area (Å²) < 4.78 is 0. The lowest BCUT2D eigenvalue weighted by molar-refractivity contribution is 0.257. The predicted molar refractivity (Wildman–Crippen MR) is 78.0 cm³/mol. The molecule has 0 radical (unpaired) electrons. The molecule has 3 nitrogen and oxygen atoms in total. The van der Waals surface area contributed by atoms with E-state index in [0.29, 0.717) is 5.02 Å². The van der Waals surface area contributed by atoms with Gasteiger partial charge >= 0.3 is 6.03 Å². The van der Waals surface area contributed by atoms with Gasteiger partial charge in [0.25, 0.3) is 0 Å². The van der Waals surface area contributed by atoms with E-state index in [-0.39, 0.29) is 6.03 Å². The summed E-state index contributed by atoms with van der Waals surface area (Å²) in [6, 6.07) is 15.0. The molecule has 0 aromatic heterocycles. The Morgan fingerprint density at radius 2 is 1.84 bits per heavy atom. The lowest BCUT2D eigenvalue weighted by atomic mass is 10.2. The first-order valence-electron chi connectivity index (χ1n) is 6.16. The highest BCUT2D eigenvalue weighted by Crippen LogP contribution is 2.28. The number of benzene rings is 2. The minimum Gasteiger partial charge on any atom is -0.308 e. The van der Waals surface area contributed by atoms with Crippen LogP contribution in [0.25, 0.3) is 0 Å². The van der Waals surface area contributed by atoms with E-state index < -0.39 is 0 Å². The molecule has 0 atom stereocenters. The smallest absolute Gasteiger partial charge is 0.308 e. The molecule has 2 aromatic carbocycles. The Balaban J connectivity index is 1.77. The quantitative estimate of drug-likeness (QED) is 0.838. The fourth-order valence-corrected chi connectivity index (χ4v) is 2.40. The van der Waals surface area contributed by atoms with Gasteiger partial charge in [-0.15, -0.1) is 0 Å². The minimum atomic E-state index is -0.104. The number of hydrogen-bond acceptors (Lipinski definition) is 1. The van der Waals surface area contributed by atoms with Gasteiger partial charge in [-0.05, 0) is 42.3 Å². The van der Waals surface area contributed by atoms with E-state index in [1.165, 1.54) is 5.56 Å². The molecule has 2 amide bonds. The SMILES string of the molecule is O=C(Nc1ccc(Cl)cc1)N1CCc2ccccc21. The Bertz CT molecular complexity index is 610. The number of amides is 2. The number of nitrogens with one attached hydrogen (secondary N) is 1. The highest BCUT2D eigenvalue weighted by atomic mass is 35.5. The van der Waals surface area contributed by atoms with Crippen LogP contribution in [0, 0.1) is 0 Å². The molecule has 96 valence electrons. The van der Waals surface area contributed by atoms with Crippen LogP contribution in [0.5, 0.6) is 0 Å². The molecule has 1 aliphatic heterocycles. The van der Waals surface area contributed by atoms with Gasteiger partial charge in [-0.1, -0.05) is 29.8 Å². The molecule has 0 fully saturated rings. The zero-order valence-electron chi connectivity index (χ0n) is 10.3. The van der Waals surface area contributed by atoms with Crippen molar-refractivity contribution in [1.82, 2.24) is 0 Å². The third-order valence-corrected chi connectivity index (χ3v) is 3.48. The van der Waals surface area contributed by atoms with Crippen molar-refractivity contribution < 1.29 is 4.79 Å². The van der Waals surface area contributed by atoms with E-state index in [1.807, 2.05) is 18.2 Å². The van der Waals surface area contributed by atoms with Gasteiger partial charge in [0, 0.05) is 22.9 Å². The number of rotatable bonds is 1. The molecule has 1 N–H and O–H groups in total. The number of halogens is 1. The van der Waals surface area contributed by atoms with E-state index in [4.69, 9.17) is 11.6 Å². The number of urea groups is 1. The normalized spacial score (nSPS) is 13.2. The van der Waals surface area contributed by atoms with Crippen molar-refractivity contribution in [3.05, 3.63) is 59.1 Å².